The third-order valence-corrected chi connectivity index (χ3v) is 3.37. The van der Waals surface area contributed by atoms with E-state index in [0.29, 0.717) is 17.4 Å². The molecule has 0 saturated heterocycles. The molecule has 84 valence electrons. The van der Waals surface area contributed by atoms with Crippen LogP contribution in [0.3, 0.4) is 0 Å². The van der Waals surface area contributed by atoms with Gasteiger partial charge in [-0.1, -0.05) is 11.6 Å². The van der Waals surface area contributed by atoms with Gasteiger partial charge in [-0.15, -0.1) is 11.3 Å². The van der Waals surface area contributed by atoms with Crippen molar-refractivity contribution in [2.24, 2.45) is 0 Å². The molecule has 0 unspecified atom stereocenters. The lowest BCUT2D eigenvalue weighted by Crippen LogP contribution is -2.02. The molecule has 0 saturated carbocycles. The highest BCUT2D eigenvalue weighted by atomic mass is 35.5. The van der Waals surface area contributed by atoms with Crippen LogP contribution in [0.4, 0.5) is 5.82 Å². The molecular weight excluding hydrogens is 267 g/mol. The Morgan fingerprint density at radius 2 is 2.19 bits per heavy atom. The Morgan fingerprint density at radius 1 is 1.38 bits per heavy atom. The molecular formula is C9H8Cl2N4S. The van der Waals surface area contributed by atoms with Gasteiger partial charge in [0, 0.05) is 4.88 Å². The molecule has 0 amide bonds. The summed E-state index contributed by atoms with van der Waals surface area (Å²) in [6.07, 6.45) is 1.47. The Balaban J connectivity index is 2.10. The van der Waals surface area contributed by atoms with Crippen LogP contribution in [0, 0.1) is 6.92 Å². The molecule has 7 heteroatoms. The predicted octanol–water partition coefficient (Wildman–Crippen LogP) is 3.16. The Labute approximate surface area is 107 Å². The van der Waals surface area contributed by atoms with Gasteiger partial charge in [0.15, 0.2) is 0 Å². The van der Waals surface area contributed by atoms with Gasteiger partial charge in [-0.25, -0.2) is 9.97 Å². The van der Waals surface area contributed by atoms with Gasteiger partial charge in [0.05, 0.1) is 23.9 Å². The Hall–Kier alpha value is -0.910. The lowest BCUT2D eigenvalue weighted by molar-refractivity contribution is 1.07. The van der Waals surface area contributed by atoms with E-state index in [1.54, 1.807) is 16.8 Å². The zero-order valence-corrected chi connectivity index (χ0v) is 10.7. The lowest BCUT2D eigenvalue weighted by Gasteiger charge is -2.05. The van der Waals surface area contributed by atoms with Crippen LogP contribution >= 0.6 is 34.5 Å². The molecule has 2 heterocycles. The molecule has 2 rings (SSSR count). The number of hydrogen-bond acceptors (Lipinski definition) is 5. The summed E-state index contributed by atoms with van der Waals surface area (Å²) >= 11 is 13.2. The summed E-state index contributed by atoms with van der Waals surface area (Å²) in [6.45, 7) is 2.59. The summed E-state index contributed by atoms with van der Waals surface area (Å²) in [5.74, 6) is 0.537. The third-order valence-electron chi connectivity index (χ3n) is 1.98. The van der Waals surface area contributed by atoms with Crippen molar-refractivity contribution in [3.05, 3.63) is 32.6 Å². The number of halogens is 2. The van der Waals surface area contributed by atoms with Crippen LogP contribution in [0.1, 0.15) is 10.6 Å². The van der Waals surface area contributed by atoms with E-state index in [0.717, 1.165) is 10.6 Å². The number of rotatable bonds is 3. The van der Waals surface area contributed by atoms with Crippen LogP contribution in [0.5, 0.6) is 0 Å². The van der Waals surface area contributed by atoms with Crippen molar-refractivity contribution in [3.8, 4) is 0 Å². The maximum Gasteiger partial charge on any atom is 0.224 e. The van der Waals surface area contributed by atoms with Crippen LogP contribution < -0.4 is 5.32 Å². The number of aryl methyl sites for hydroxylation is 1. The number of nitrogens with one attached hydrogen (secondary N) is 1. The average molecular weight is 275 g/mol. The van der Waals surface area contributed by atoms with Gasteiger partial charge in [0.1, 0.15) is 10.8 Å². The van der Waals surface area contributed by atoms with Crippen molar-refractivity contribution in [1.29, 1.82) is 0 Å². The highest BCUT2D eigenvalue weighted by Gasteiger charge is 2.06. The Kier molecular flexibility index (Phi) is 3.58. The summed E-state index contributed by atoms with van der Waals surface area (Å²) < 4.78 is 0. The van der Waals surface area contributed by atoms with E-state index in [9.17, 15) is 0 Å². The SMILES string of the molecule is Cc1ncsc1CNc1nc(Cl)ncc1Cl. The normalized spacial score (nSPS) is 10.4. The van der Waals surface area contributed by atoms with Gasteiger partial charge in [0.2, 0.25) is 5.28 Å². The van der Waals surface area contributed by atoms with Crippen molar-refractivity contribution >= 4 is 40.4 Å². The Bertz CT molecular complexity index is 500. The van der Waals surface area contributed by atoms with Crippen LogP contribution in [-0.2, 0) is 6.54 Å². The summed E-state index contributed by atoms with van der Waals surface area (Å²) in [5.41, 5.74) is 2.81. The molecule has 0 atom stereocenters. The van der Waals surface area contributed by atoms with Crippen molar-refractivity contribution in [2.45, 2.75) is 13.5 Å². The van der Waals surface area contributed by atoms with E-state index in [2.05, 4.69) is 20.3 Å². The predicted molar refractivity (Wildman–Crippen MR) is 66.2 cm³/mol. The van der Waals surface area contributed by atoms with Crippen LogP contribution in [0.15, 0.2) is 11.7 Å². The first kappa shape index (κ1) is 11.6. The number of anilines is 1. The maximum atomic E-state index is 5.92. The van der Waals surface area contributed by atoms with Crippen molar-refractivity contribution < 1.29 is 0 Å². The van der Waals surface area contributed by atoms with Gasteiger partial charge in [-0.05, 0) is 18.5 Å². The van der Waals surface area contributed by atoms with Crippen molar-refractivity contribution in [3.63, 3.8) is 0 Å². The van der Waals surface area contributed by atoms with E-state index in [-0.39, 0.29) is 5.28 Å². The minimum absolute atomic E-state index is 0.174. The highest BCUT2D eigenvalue weighted by molar-refractivity contribution is 7.09. The fraction of sp³-hybridized carbons (Fsp3) is 0.222. The lowest BCUT2D eigenvalue weighted by atomic mass is 10.4. The van der Waals surface area contributed by atoms with Gasteiger partial charge < -0.3 is 5.32 Å². The summed E-state index contributed by atoms with van der Waals surface area (Å²) in [4.78, 5) is 13.1. The van der Waals surface area contributed by atoms with E-state index < -0.39 is 0 Å². The standard InChI is InChI=1S/C9H8Cl2N4S/c1-5-7(16-4-14-5)3-12-8-6(10)2-13-9(11)15-8/h2,4H,3H2,1H3,(H,12,13,15). The smallest absolute Gasteiger partial charge is 0.224 e. The number of thiazole rings is 1. The maximum absolute atomic E-state index is 5.92. The molecule has 0 aliphatic carbocycles. The third kappa shape index (κ3) is 2.61. The van der Waals surface area contributed by atoms with Gasteiger partial charge in [-0.3, -0.25) is 0 Å². The topological polar surface area (TPSA) is 50.7 Å². The second-order valence-electron chi connectivity index (χ2n) is 3.05. The minimum atomic E-state index is 0.174. The number of hydrogen-bond donors (Lipinski definition) is 1. The first-order valence-corrected chi connectivity index (χ1v) is 6.11. The van der Waals surface area contributed by atoms with Crippen molar-refractivity contribution in [2.75, 3.05) is 5.32 Å². The van der Waals surface area contributed by atoms with Crippen molar-refractivity contribution in [1.82, 2.24) is 15.0 Å². The molecule has 4 nitrogen and oxygen atoms in total. The molecule has 0 spiro atoms. The molecule has 0 bridgehead atoms. The fourth-order valence-corrected chi connectivity index (χ4v) is 2.14. The molecule has 0 aliphatic rings. The number of nitrogens with zero attached hydrogens (tertiary/aromatic N) is 3. The summed E-state index contributed by atoms with van der Waals surface area (Å²) in [7, 11) is 0. The largest absolute Gasteiger partial charge is 0.364 e. The number of aromatic nitrogens is 3. The van der Waals surface area contributed by atoms with E-state index in [1.807, 2.05) is 6.92 Å². The quantitative estimate of drug-likeness (QED) is 0.874. The molecule has 1 N–H and O–H groups in total. The van der Waals surface area contributed by atoms with Crippen LogP contribution in [0.2, 0.25) is 10.3 Å². The van der Waals surface area contributed by atoms with Gasteiger partial charge >= 0.3 is 0 Å². The Morgan fingerprint density at radius 3 is 2.88 bits per heavy atom. The first-order chi connectivity index (χ1) is 7.66. The summed E-state index contributed by atoms with van der Waals surface area (Å²) in [5, 5.41) is 3.72. The average Bonchev–Trinajstić information content (AvgIpc) is 2.66. The molecule has 0 aliphatic heterocycles. The monoisotopic (exact) mass is 274 g/mol. The van der Waals surface area contributed by atoms with Crippen LogP contribution in [0.25, 0.3) is 0 Å². The molecule has 2 aromatic heterocycles. The van der Waals surface area contributed by atoms with Gasteiger partial charge in [-0.2, -0.15) is 4.98 Å². The molecule has 0 fully saturated rings. The zero-order valence-electron chi connectivity index (χ0n) is 8.37. The molecule has 0 radical (unpaired) electrons. The molecule has 16 heavy (non-hydrogen) atoms. The highest BCUT2D eigenvalue weighted by Crippen LogP contribution is 2.21. The zero-order chi connectivity index (χ0) is 11.5. The van der Waals surface area contributed by atoms with E-state index in [1.165, 1.54) is 6.20 Å². The minimum Gasteiger partial charge on any atom is -0.364 e. The molecule has 0 aromatic carbocycles. The second kappa shape index (κ2) is 4.95. The molecule has 2 aromatic rings. The fourth-order valence-electron chi connectivity index (χ4n) is 1.13. The summed E-state index contributed by atoms with van der Waals surface area (Å²) in [6, 6.07) is 0. The second-order valence-corrected chi connectivity index (χ2v) is 4.73. The van der Waals surface area contributed by atoms with E-state index in [4.69, 9.17) is 23.2 Å². The van der Waals surface area contributed by atoms with Crippen LogP contribution in [-0.4, -0.2) is 15.0 Å². The first-order valence-electron chi connectivity index (χ1n) is 4.47. The van der Waals surface area contributed by atoms with Gasteiger partial charge in [0.25, 0.3) is 0 Å². The van der Waals surface area contributed by atoms with E-state index >= 15 is 0 Å².